The number of aryl methyl sites for hydroxylation is 1. The third-order valence-electron chi connectivity index (χ3n) is 6.86. The molecule has 0 amide bonds. The Hall–Kier alpha value is -4.32. The van der Waals surface area contributed by atoms with Gasteiger partial charge >= 0.3 is 11.9 Å². The Morgan fingerprint density at radius 1 is 0.795 bits per heavy atom. The largest absolute Gasteiger partial charge is 0.464 e. The van der Waals surface area contributed by atoms with Crippen LogP contribution in [0.1, 0.15) is 48.9 Å². The molecule has 0 N–H and O–H groups in total. The molecule has 1 aromatic heterocycles. The van der Waals surface area contributed by atoms with E-state index in [9.17, 15) is 9.59 Å². The molecule has 4 aromatic rings. The predicted octanol–water partition coefficient (Wildman–Crippen LogP) is 6.31. The van der Waals surface area contributed by atoms with Gasteiger partial charge in [-0.15, -0.1) is 0 Å². The molecule has 0 aliphatic heterocycles. The minimum absolute atomic E-state index is 0.0830. The smallest absolute Gasteiger partial charge is 0.321 e. The number of fused-ring (bicyclic) bond motifs is 3. The highest BCUT2D eigenvalue weighted by Gasteiger charge is 2.35. The molecule has 1 unspecified atom stereocenters. The number of benzene rings is 3. The highest BCUT2D eigenvalue weighted by atomic mass is 16.6. The van der Waals surface area contributed by atoms with Gasteiger partial charge in [0.05, 0.1) is 0 Å². The van der Waals surface area contributed by atoms with E-state index in [1.807, 2.05) is 55.5 Å². The van der Waals surface area contributed by atoms with E-state index in [0.29, 0.717) is 11.4 Å². The van der Waals surface area contributed by atoms with E-state index >= 15 is 0 Å². The molecule has 5 rings (SSSR count). The number of hydrogen-bond donors (Lipinski definition) is 0. The second kappa shape index (κ2) is 10.8. The van der Waals surface area contributed by atoms with Crippen molar-refractivity contribution in [3.63, 3.8) is 0 Å². The van der Waals surface area contributed by atoms with Crippen LogP contribution >= 0.6 is 0 Å². The summed E-state index contributed by atoms with van der Waals surface area (Å²) in [5, 5.41) is 0. The third kappa shape index (κ3) is 5.75. The Balaban J connectivity index is 1.35. The van der Waals surface area contributed by atoms with E-state index in [0.717, 1.165) is 33.4 Å². The molecule has 198 valence electrons. The highest BCUT2D eigenvalue weighted by Crippen LogP contribution is 2.44. The minimum Gasteiger partial charge on any atom is -0.464 e. The van der Waals surface area contributed by atoms with Crippen molar-refractivity contribution < 1.29 is 19.1 Å². The zero-order valence-corrected chi connectivity index (χ0v) is 22.7. The molecule has 0 saturated heterocycles. The molecular formula is C33H32N2O4. The average Bonchev–Trinajstić information content (AvgIpc) is 3.24. The summed E-state index contributed by atoms with van der Waals surface area (Å²) in [5.74, 6) is -1.88. The fraction of sp³-hybridized carbons (Fsp3) is 0.273. The Labute approximate surface area is 229 Å². The molecule has 0 radical (unpaired) electrons. The molecule has 3 aromatic carbocycles. The van der Waals surface area contributed by atoms with Crippen LogP contribution in [0.25, 0.3) is 22.5 Å². The molecule has 0 fully saturated rings. The first kappa shape index (κ1) is 26.3. The van der Waals surface area contributed by atoms with Crippen molar-refractivity contribution in [3.8, 4) is 22.5 Å². The summed E-state index contributed by atoms with van der Waals surface area (Å²) in [6.45, 7) is 7.47. The van der Waals surface area contributed by atoms with E-state index in [1.165, 1.54) is 0 Å². The molecule has 6 nitrogen and oxygen atoms in total. The monoisotopic (exact) mass is 520 g/mol. The summed E-state index contributed by atoms with van der Waals surface area (Å²) in [4.78, 5) is 35.6. The topological polar surface area (TPSA) is 78.4 Å². The molecule has 39 heavy (non-hydrogen) atoms. The van der Waals surface area contributed by atoms with Crippen LogP contribution in [0.15, 0.2) is 85.2 Å². The standard InChI is InChI=1S/C33H32N2O4/c1-21-11-5-6-12-23(21)30-34-18-22(19-35-30)17-28(32(37)39-33(2,3)4)31(36)38-20-29-26-15-9-7-13-24(26)25-14-8-10-16-27(25)29/h5-16,18-19,28-29H,17,20H2,1-4H3. The number of carbonyl (C=O) groups is 2. The lowest BCUT2D eigenvalue weighted by atomic mass is 9.97. The number of rotatable bonds is 7. The van der Waals surface area contributed by atoms with Crippen LogP contribution in [0.4, 0.5) is 0 Å². The zero-order valence-electron chi connectivity index (χ0n) is 22.7. The normalized spacial score (nSPS) is 13.3. The highest BCUT2D eigenvalue weighted by molar-refractivity contribution is 5.95. The van der Waals surface area contributed by atoms with Crippen LogP contribution in [0, 0.1) is 12.8 Å². The van der Waals surface area contributed by atoms with Crippen LogP contribution in [-0.2, 0) is 25.5 Å². The van der Waals surface area contributed by atoms with Gasteiger partial charge in [0, 0.05) is 23.9 Å². The van der Waals surface area contributed by atoms with Crippen LogP contribution < -0.4 is 0 Å². The first-order valence-electron chi connectivity index (χ1n) is 13.2. The van der Waals surface area contributed by atoms with Gasteiger partial charge in [-0.1, -0.05) is 72.8 Å². The van der Waals surface area contributed by atoms with Gasteiger partial charge in [0.25, 0.3) is 0 Å². The molecule has 1 heterocycles. The van der Waals surface area contributed by atoms with Gasteiger partial charge in [-0.2, -0.15) is 0 Å². The van der Waals surface area contributed by atoms with Crippen LogP contribution in [0.3, 0.4) is 0 Å². The maximum absolute atomic E-state index is 13.4. The van der Waals surface area contributed by atoms with Gasteiger partial charge in [-0.05, 0) is 67.5 Å². The lowest BCUT2D eigenvalue weighted by Crippen LogP contribution is -2.35. The summed E-state index contributed by atoms with van der Waals surface area (Å²) < 4.78 is 11.4. The molecule has 0 bridgehead atoms. The van der Waals surface area contributed by atoms with Crippen molar-refractivity contribution in [1.29, 1.82) is 0 Å². The molecule has 1 aliphatic carbocycles. The van der Waals surface area contributed by atoms with E-state index in [-0.39, 0.29) is 18.9 Å². The molecular weight excluding hydrogens is 488 g/mol. The van der Waals surface area contributed by atoms with Gasteiger partial charge in [0.15, 0.2) is 11.7 Å². The molecule has 0 spiro atoms. The molecule has 0 saturated carbocycles. The summed E-state index contributed by atoms with van der Waals surface area (Å²) in [6.07, 6.45) is 3.39. The van der Waals surface area contributed by atoms with Crippen LogP contribution in [0.5, 0.6) is 0 Å². The van der Waals surface area contributed by atoms with Crippen molar-refractivity contribution in [2.45, 2.75) is 45.6 Å². The van der Waals surface area contributed by atoms with E-state index in [1.54, 1.807) is 33.2 Å². The van der Waals surface area contributed by atoms with Crippen molar-refractivity contribution in [1.82, 2.24) is 9.97 Å². The van der Waals surface area contributed by atoms with Crippen molar-refractivity contribution in [2.75, 3.05) is 6.61 Å². The molecule has 1 aliphatic rings. The van der Waals surface area contributed by atoms with E-state index in [4.69, 9.17) is 9.47 Å². The quantitative estimate of drug-likeness (QED) is 0.210. The maximum atomic E-state index is 13.4. The second-order valence-corrected chi connectivity index (χ2v) is 10.9. The first-order chi connectivity index (χ1) is 18.7. The fourth-order valence-corrected chi connectivity index (χ4v) is 5.00. The maximum Gasteiger partial charge on any atom is 0.321 e. The van der Waals surface area contributed by atoms with Gasteiger partial charge in [0.1, 0.15) is 12.2 Å². The molecule has 6 heteroatoms. The van der Waals surface area contributed by atoms with Gasteiger partial charge in [-0.3, -0.25) is 9.59 Å². The summed E-state index contributed by atoms with van der Waals surface area (Å²) in [6, 6.07) is 24.2. The Kier molecular flexibility index (Phi) is 7.29. The number of hydrogen-bond acceptors (Lipinski definition) is 6. The third-order valence-corrected chi connectivity index (χ3v) is 6.86. The lowest BCUT2D eigenvalue weighted by Gasteiger charge is -2.24. The summed E-state index contributed by atoms with van der Waals surface area (Å²) in [7, 11) is 0. The van der Waals surface area contributed by atoms with Crippen molar-refractivity contribution >= 4 is 11.9 Å². The minimum atomic E-state index is -1.14. The number of aromatic nitrogens is 2. The Morgan fingerprint density at radius 2 is 1.33 bits per heavy atom. The van der Waals surface area contributed by atoms with Gasteiger partial charge in [0.2, 0.25) is 0 Å². The van der Waals surface area contributed by atoms with Crippen LogP contribution in [0.2, 0.25) is 0 Å². The van der Waals surface area contributed by atoms with E-state index in [2.05, 4.69) is 34.2 Å². The zero-order chi connectivity index (χ0) is 27.6. The fourth-order valence-electron chi connectivity index (χ4n) is 5.00. The number of esters is 2. The Morgan fingerprint density at radius 3 is 1.90 bits per heavy atom. The SMILES string of the molecule is Cc1ccccc1-c1ncc(CC(C(=O)OCC2c3ccccc3-c3ccccc32)C(=O)OC(C)(C)C)cn1. The van der Waals surface area contributed by atoms with Crippen molar-refractivity contribution in [2.24, 2.45) is 5.92 Å². The predicted molar refractivity (Wildman–Crippen MR) is 150 cm³/mol. The number of carbonyl (C=O) groups excluding carboxylic acids is 2. The lowest BCUT2D eigenvalue weighted by molar-refractivity contribution is -0.169. The molecule has 1 atom stereocenters. The first-order valence-corrected chi connectivity index (χ1v) is 13.2. The number of nitrogens with zero attached hydrogens (tertiary/aromatic N) is 2. The van der Waals surface area contributed by atoms with Gasteiger partial charge in [-0.25, -0.2) is 9.97 Å². The average molecular weight is 521 g/mol. The van der Waals surface area contributed by atoms with Crippen molar-refractivity contribution in [3.05, 3.63) is 107 Å². The summed E-state index contributed by atoms with van der Waals surface area (Å²) >= 11 is 0. The second-order valence-electron chi connectivity index (χ2n) is 10.9. The van der Waals surface area contributed by atoms with E-state index < -0.39 is 23.5 Å². The summed E-state index contributed by atoms with van der Waals surface area (Å²) in [5.41, 5.74) is 6.41. The van der Waals surface area contributed by atoms with Gasteiger partial charge < -0.3 is 9.47 Å². The Bertz CT molecular complexity index is 1460. The number of ether oxygens (including phenoxy) is 2. The van der Waals surface area contributed by atoms with Crippen LogP contribution in [-0.4, -0.2) is 34.1 Å².